The Kier molecular flexibility index (Phi) is 8.01. The first-order valence-corrected chi connectivity index (χ1v) is 14.1. The van der Waals surface area contributed by atoms with E-state index in [0.717, 1.165) is 18.9 Å². The number of carbonyl (C=O) groups is 1. The Morgan fingerprint density at radius 2 is 1.87 bits per heavy atom. The molecule has 0 bridgehead atoms. The summed E-state index contributed by atoms with van der Waals surface area (Å²) >= 11 is 0. The largest absolute Gasteiger partial charge is 0.493 e. The second-order valence-corrected chi connectivity index (χ2v) is 12.0. The number of amides is 1. The quantitative estimate of drug-likeness (QED) is 0.420. The van der Waals surface area contributed by atoms with Crippen molar-refractivity contribution in [3.63, 3.8) is 0 Å². The Morgan fingerprint density at radius 3 is 2.53 bits per heavy atom. The highest BCUT2D eigenvalue weighted by molar-refractivity contribution is 7.90. The summed E-state index contributed by atoms with van der Waals surface area (Å²) in [5, 5.41) is 0. The summed E-state index contributed by atoms with van der Waals surface area (Å²) in [6.45, 7) is 8.62. The normalized spacial score (nSPS) is 18.1. The Balaban J connectivity index is 1.77. The molecule has 10 heteroatoms. The van der Waals surface area contributed by atoms with Gasteiger partial charge in [0.1, 0.15) is 11.6 Å². The molecule has 3 aromatic rings. The van der Waals surface area contributed by atoms with E-state index in [-0.39, 0.29) is 28.9 Å². The van der Waals surface area contributed by atoms with Gasteiger partial charge in [0.2, 0.25) is 0 Å². The lowest BCUT2D eigenvalue weighted by atomic mass is 9.85. The third-order valence-corrected chi connectivity index (χ3v) is 8.24. The Bertz CT molecular complexity index is 1490. The smallest absolute Gasteiger partial charge is 0.269 e. The first-order valence-electron chi connectivity index (χ1n) is 12.7. The zero-order valence-corrected chi connectivity index (χ0v) is 22.6. The molecule has 2 atom stereocenters. The predicted molar refractivity (Wildman–Crippen MR) is 142 cm³/mol. The number of nitrogens with zero attached hydrogens (tertiary/aromatic N) is 1. The monoisotopic (exact) mass is 541 g/mol. The molecule has 1 amide bonds. The van der Waals surface area contributed by atoms with Gasteiger partial charge >= 0.3 is 0 Å². The van der Waals surface area contributed by atoms with Gasteiger partial charge in [-0.05, 0) is 73.1 Å². The molecule has 4 rings (SSSR count). The van der Waals surface area contributed by atoms with E-state index < -0.39 is 32.2 Å². The standard InChI is InChI=1S/C28H32FN3O5S/c1-16(2)15-37-19-9-11-22(29)21(14-19)23-12-10-20(26(31-23)25-17(3)7-8-18(25)4)27(33)32-38(35,36)24-6-5-13-30-28(24)34/h5-6,9-14,16-18,25H,7-8,15H2,1-4H3,(H,30,34)(H,32,33)/t17-,18-/m1/s1. The average Bonchev–Trinajstić information content (AvgIpc) is 3.20. The van der Waals surface area contributed by atoms with Crippen LogP contribution in [-0.4, -0.2) is 30.9 Å². The number of H-pyrrole nitrogens is 1. The number of aromatic nitrogens is 2. The van der Waals surface area contributed by atoms with E-state index in [1.165, 1.54) is 30.5 Å². The van der Waals surface area contributed by atoms with Crippen molar-refractivity contribution in [1.29, 1.82) is 0 Å². The fraction of sp³-hybridized carbons (Fsp3) is 0.393. The molecule has 38 heavy (non-hydrogen) atoms. The Hall–Kier alpha value is -3.53. The summed E-state index contributed by atoms with van der Waals surface area (Å²) in [5.41, 5.74) is 0.180. The number of hydrogen-bond donors (Lipinski definition) is 2. The minimum atomic E-state index is -4.44. The Labute approximate surface area is 221 Å². The van der Waals surface area contributed by atoms with Crippen LogP contribution in [0, 0.1) is 23.6 Å². The van der Waals surface area contributed by atoms with Crippen LogP contribution in [0.1, 0.15) is 62.5 Å². The summed E-state index contributed by atoms with van der Waals surface area (Å²) in [7, 11) is -4.44. The summed E-state index contributed by atoms with van der Waals surface area (Å²) < 4.78 is 48.4. The highest BCUT2D eigenvalue weighted by Crippen LogP contribution is 2.44. The molecule has 2 aromatic heterocycles. The molecule has 0 radical (unpaired) electrons. The van der Waals surface area contributed by atoms with Crippen LogP contribution in [0.2, 0.25) is 0 Å². The molecule has 1 aliphatic carbocycles. The van der Waals surface area contributed by atoms with Gasteiger partial charge in [-0.25, -0.2) is 17.5 Å². The topological polar surface area (TPSA) is 118 Å². The molecule has 0 spiro atoms. The molecule has 1 aromatic carbocycles. The lowest BCUT2D eigenvalue weighted by Crippen LogP contribution is -2.35. The van der Waals surface area contributed by atoms with E-state index in [2.05, 4.69) is 18.8 Å². The fourth-order valence-corrected chi connectivity index (χ4v) is 5.98. The zero-order chi connectivity index (χ0) is 27.6. The zero-order valence-electron chi connectivity index (χ0n) is 21.8. The molecule has 1 fully saturated rings. The van der Waals surface area contributed by atoms with E-state index in [0.29, 0.717) is 29.7 Å². The Morgan fingerprint density at radius 1 is 1.16 bits per heavy atom. The van der Waals surface area contributed by atoms with Crippen molar-refractivity contribution in [1.82, 2.24) is 14.7 Å². The van der Waals surface area contributed by atoms with Gasteiger partial charge < -0.3 is 9.72 Å². The van der Waals surface area contributed by atoms with Crippen molar-refractivity contribution < 1.29 is 22.3 Å². The highest BCUT2D eigenvalue weighted by Gasteiger charge is 2.36. The molecule has 0 saturated heterocycles. The van der Waals surface area contributed by atoms with Crippen LogP contribution in [-0.2, 0) is 10.0 Å². The van der Waals surface area contributed by atoms with Crippen LogP contribution in [0.3, 0.4) is 0 Å². The number of nitrogens with one attached hydrogen (secondary N) is 2. The molecule has 202 valence electrons. The number of benzene rings is 1. The van der Waals surface area contributed by atoms with E-state index in [1.54, 1.807) is 12.1 Å². The molecule has 8 nitrogen and oxygen atoms in total. The number of pyridine rings is 2. The van der Waals surface area contributed by atoms with Gasteiger partial charge in [-0.1, -0.05) is 27.7 Å². The van der Waals surface area contributed by atoms with Crippen molar-refractivity contribution in [3.05, 3.63) is 76.1 Å². The number of rotatable bonds is 8. The lowest BCUT2D eigenvalue weighted by molar-refractivity contribution is 0.0979. The summed E-state index contributed by atoms with van der Waals surface area (Å²) in [5.74, 6) is -0.376. The van der Waals surface area contributed by atoms with Crippen LogP contribution in [0.4, 0.5) is 4.39 Å². The van der Waals surface area contributed by atoms with Gasteiger partial charge in [0, 0.05) is 17.7 Å². The number of carbonyl (C=O) groups excluding carboxylic acids is 1. The van der Waals surface area contributed by atoms with Crippen molar-refractivity contribution in [2.75, 3.05) is 6.61 Å². The molecular weight excluding hydrogens is 509 g/mol. The number of sulfonamides is 1. The summed E-state index contributed by atoms with van der Waals surface area (Å²) in [6, 6.07) is 9.90. The number of ether oxygens (including phenoxy) is 1. The average molecular weight is 542 g/mol. The van der Waals surface area contributed by atoms with Crippen LogP contribution >= 0.6 is 0 Å². The third kappa shape index (κ3) is 5.80. The minimum absolute atomic E-state index is 0.0721. The third-order valence-electron chi connectivity index (χ3n) is 6.88. The lowest BCUT2D eigenvalue weighted by Gasteiger charge is -2.23. The maximum atomic E-state index is 14.9. The molecule has 2 heterocycles. The molecule has 0 unspecified atom stereocenters. The first kappa shape index (κ1) is 27.5. The number of aromatic amines is 1. The van der Waals surface area contributed by atoms with Crippen molar-refractivity contribution in [2.45, 2.75) is 51.3 Å². The van der Waals surface area contributed by atoms with Crippen molar-refractivity contribution >= 4 is 15.9 Å². The molecule has 0 aliphatic heterocycles. The number of halogens is 1. The summed E-state index contributed by atoms with van der Waals surface area (Å²) in [4.78, 5) is 31.8. The second kappa shape index (κ2) is 11.1. The van der Waals surface area contributed by atoms with Gasteiger partial charge in [0.25, 0.3) is 21.5 Å². The van der Waals surface area contributed by atoms with Gasteiger partial charge in [-0.15, -0.1) is 0 Å². The number of hydrogen-bond acceptors (Lipinski definition) is 6. The van der Waals surface area contributed by atoms with Crippen molar-refractivity contribution in [2.24, 2.45) is 17.8 Å². The van der Waals surface area contributed by atoms with E-state index in [4.69, 9.17) is 9.72 Å². The first-order chi connectivity index (χ1) is 18.0. The van der Waals surface area contributed by atoms with Gasteiger partial charge in [-0.2, -0.15) is 0 Å². The second-order valence-electron chi connectivity index (χ2n) is 10.3. The van der Waals surface area contributed by atoms with Crippen LogP contribution in [0.25, 0.3) is 11.3 Å². The predicted octanol–water partition coefficient (Wildman–Crippen LogP) is 4.88. The fourth-order valence-electron chi connectivity index (χ4n) is 4.96. The molecular formula is C28H32FN3O5S. The maximum Gasteiger partial charge on any atom is 0.269 e. The van der Waals surface area contributed by atoms with Crippen molar-refractivity contribution in [3.8, 4) is 17.0 Å². The molecule has 1 aliphatic rings. The molecule has 1 saturated carbocycles. The van der Waals surface area contributed by atoms with Crippen LogP contribution < -0.4 is 15.0 Å². The van der Waals surface area contributed by atoms with Crippen LogP contribution in [0.5, 0.6) is 5.75 Å². The van der Waals surface area contributed by atoms with E-state index in [9.17, 15) is 22.4 Å². The van der Waals surface area contributed by atoms with E-state index in [1.807, 2.05) is 18.6 Å². The van der Waals surface area contributed by atoms with Gasteiger partial charge in [0.05, 0.1) is 23.6 Å². The SMILES string of the molecule is CC(C)COc1ccc(F)c(-c2ccc(C(=O)NS(=O)(=O)c3ccc[nH]c3=O)c(C3[C@H](C)CC[C@H]3C)n2)c1. The van der Waals surface area contributed by atoms with Gasteiger partial charge in [-0.3, -0.25) is 14.6 Å². The minimum Gasteiger partial charge on any atom is -0.493 e. The van der Waals surface area contributed by atoms with E-state index >= 15 is 0 Å². The van der Waals surface area contributed by atoms with Crippen LogP contribution in [0.15, 0.2) is 58.4 Å². The molecule has 2 N–H and O–H groups in total. The van der Waals surface area contributed by atoms with Gasteiger partial charge in [0.15, 0.2) is 4.90 Å². The maximum absolute atomic E-state index is 14.9. The highest BCUT2D eigenvalue weighted by atomic mass is 32.2. The summed E-state index contributed by atoms with van der Waals surface area (Å²) in [6.07, 6.45) is 3.14.